The number of hydrogen-bond acceptors (Lipinski definition) is 3. The second-order valence-corrected chi connectivity index (χ2v) is 5.95. The van der Waals surface area contributed by atoms with E-state index in [2.05, 4.69) is 10.0 Å². The first-order chi connectivity index (χ1) is 8.05. The summed E-state index contributed by atoms with van der Waals surface area (Å²) in [5.41, 5.74) is 0.588. The van der Waals surface area contributed by atoms with E-state index in [-0.39, 0.29) is 30.0 Å². The Bertz CT molecular complexity index is 472. The number of halogens is 2. The van der Waals surface area contributed by atoms with Crippen molar-refractivity contribution in [1.82, 2.24) is 10.0 Å². The third kappa shape index (κ3) is 4.53. The lowest BCUT2D eigenvalue weighted by molar-refractivity contribution is 0.559. The Morgan fingerprint density at radius 1 is 1.33 bits per heavy atom. The van der Waals surface area contributed by atoms with Crippen molar-refractivity contribution in [3.05, 3.63) is 35.6 Å². The van der Waals surface area contributed by atoms with Crippen molar-refractivity contribution in [3.63, 3.8) is 0 Å². The van der Waals surface area contributed by atoms with Crippen LogP contribution >= 0.6 is 12.4 Å². The third-order valence-electron chi connectivity index (χ3n) is 2.68. The Hall–Kier alpha value is -0.690. The monoisotopic (exact) mass is 294 g/mol. The maximum Gasteiger partial charge on any atom is 0.216 e. The molecule has 1 fully saturated rings. The summed E-state index contributed by atoms with van der Waals surface area (Å²) >= 11 is 0. The van der Waals surface area contributed by atoms with Crippen LogP contribution in [0.4, 0.5) is 4.39 Å². The van der Waals surface area contributed by atoms with Crippen LogP contribution < -0.4 is 10.0 Å². The van der Waals surface area contributed by atoms with Gasteiger partial charge in [-0.25, -0.2) is 17.5 Å². The van der Waals surface area contributed by atoms with Crippen molar-refractivity contribution in [3.8, 4) is 0 Å². The normalized spacial score (nSPS) is 19.5. The highest BCUT2D eigenvalue weighted by Gasteiger charge is 2.21. The fraction of sp³-hybridized carbons (Fsp3) is 0.455. The minimum absolute atomic E-state index is 0. The summed E-state index contributed by atoms with van der Waals surface area (Å²) in [7, 11) is -3.34. The molecule has 1 aliphatic heterocycles. The fourth-order valence-electron chi connectivity index (χ4n) is 1.85. The lowest BCUT2D eigenvalue weighted by atomic mass is 10.2. The summed E-state index contributed by atoms with van der Waals surface area (Å²) < 4.78 is 38.9. The SMILES string of the molecule is Cl.O=S(=O)(Cc1ccc(F)cc1)NC1CCNC1. The fourth-order valence-corrected chi connectivity index (χ4v) is 3.27. The smallest absolute Gasteiger partial charge is 0.216 e. The highest BCUT2D eigenvalue weighted by molar-refractivity contribution is 7.88. The van der Waals surface area contributed by atoms with Gasteiger partial charge in [0.1, 0.15) is 5.82 Å². The van der Waals surface area contributed by atoms with Gasteiger partial charge in [-0.1, -0.05) is 12.1 Å². The molecule has 1 atom stereocenters. The zero-order chi connectivity index (χ0) is 12.3. The van der Waals surface area contributed by atoms with Crippen molar-refractivity contribution in [2.45, 2.75) is 18.2 Å². The molecule has 1 aromatic carbocycles. The third-order valence-corrected chi connectivity index (χ3v) is 4.08. The first-order valence-corrected chi connectivity index (χ1v) is 7.15. The lowest BCUT2D eigenvalue weighted by Crippen LogP contribution is -2.36. The number of sulfonamides is 1. The largest absolute Gasteiger partial charge is 0.315 e. The zero-order valence-electron chi connectivity index (χ0n) is 9.73. The first-order valence-electron chi connectivity index (χ1n) is 5.50. The molecule has 1 aromatic rings. The maximum atomic E-state index is 12.7. The number of nitrogens with one attached hydrogen (secondary N) is 2. The number of hydrogen-bond donors (Lipinski definition) is 2. The van der Waals surface area contributed by atoms with E-state index in [9.17, 15) is 12.8 Å². The highest BCUT2D eigenvalue weighted by atomic mass is 35.5. The molecule has 4 nitrogen and oxygen atoms in total. The average molecular weight is 295 g/mol. The molecule has 0 amide bonds. The summed E-state index contributed by atoms with van der Waals surface area (Å²) in [6.07, 6.45) is 0.808. The molecule has 102 valence electrons. The second-order valence-electron chi connectivity index (χ2n) is 4.19. The molecule has 7 heteroatoms. The average Bonchev–Trinajstić information content (AvgIpc) is 2.73. The molecule has 18 heavy (non-hydrogen) atoms. The first kappa shape index (κ1) is 15.4. The molecule has 2 N–H and O–H groups in total. The van der Waals surface area contributed by atoms with E-state index in [0.29, 0.717) is 12.1 Å². The molecule has 2 rings (SSSR count). The Labute approximate surface area is 112 Å². The van der Waals surface area contributed by atoms with Gasteiger partial charge < -0.3 is 5.32 Å². The van der Waals surface area contributed by atoms with Crippen LogP contribution in [0.25, 0.3) is 0 Å². The summed E-state index contributed by atoms with van der Waals surface area (Å²) in [5.74, 6) is -0.469. The molecular formula is C11H16ClFN2O2S. The van der Waals surface area contributed by atoms with Crippen LogP contribution in [0.1, 0.15) is 12.0 Å². The van der Waals surface area contributed by atoms with Gasteiger partial charge in [0.25, 0.3) is 0 Å². The zero-order valence-corrected chi connectivity index (χ0v) is 11.4. The van der Waals surface area contributed by atoms with E-state index in [4.69, 9.17) is 0 Å². The standard InChI is InChI=1S/C11H15FN2O2S.ClH/c12-10-3-1-9(2-4-10)8-17(15,16)14-11-5-6-13-7-11;/h1-4,11,13-14H,5-8H2;1H. The summed E-state index contributed by atoms with van der Waals surface area (Å²) in [4.78, 5) is 0. The molecule has 0 saturated carbocycles. The van der Waals surface area contributed by atoms with E-state index in [1.165, 1.54) is 24.3 Å². The minimum Gasteiger partial charge on any atom is -0.315 e. The quantitative estimate of drug-likeness (QED) is 0.872. The molecule has 0 aromatic heterocycles. The Morgan fingerprint density at radius 3 is 2.56 bits per heavy atom. The molecule has 0 radical (unpaired) electrons. The molecule has 0 aliphatic carbocycles. The van der Waals surface area contributed by atoms with Crippen LogP contribution in [0.3, 0.4) is 0 Å². The van der Waals surface area contributed by atoms with Crippen LogP contribution in [0, 0.1) is 5.82 Å². The van der Waals surface area contributed by atoms with Crippen LogP contribution in [-0.4, -0.2) is 27.5 Å². The molecule has 1 unspecified atom stereocenters. The van der Waals surface area contributed by atoms with Crippen LogP contribution in [-0.2, 0) is 15.8 Å². The lowest BCUT2D eigenvalue weighted by Gasteiger charge is -2.11. The number of benzene rings is 1. The molecule has 1 aliphatic rings. The van der Waals surface area contributed by atoms with E-state index in [0.717, 1.165) is 13.0 Å². The van der Waals surface area contributed by atoms with Gasteiger partial charge in [0.05, 0.1) is 5.75 Å². The second kappa shape index (κ2) is 6.47. The molecule has 1 heterocycles. The van der Waals surface area contributed by atoms with E-state index in [1.807, 2.05) is 0 Å². The Morgan fingerprint density at radius 2 is 2.00 bits per heavy atom. The van der Waals surface area contributed by atoms with Crippen LogP contribution in [0.5, 0.6) is 0 Å². The van der Waals surface area contributed by atoms with Gasteiger partial charge in [-0.15, -0.1) is 12.4 Å². The van der Waals surface area contributed by atoms with Crippen molar-refractivity contribution >= 4 is 22.4 Å². The van der Waals surface area contributed by atoms with E-state index >= 15 is 0 Å². The van der Waals surface area contributed by atoms with Crippen molar-refractivity contribution in [2.75, 3.05) is 13.1 Å². The highest BCUT2D eigenvalue weighted by Crippen LogP contribution is 2.08. The Balaban J connectivity index is 0.00000162. The molecule has 0 spiro atoms. The van der Waals surface area contributed by atoms with Crippen molar-refractivity contribution in [2.24, 2.45) is 0 Å². The van der Waals surface area contributed by atoms with Gasteiger partial charge in [0.2, 0.25) is 10.0 Å². The predicted molar refractivity (Wildman–Crippen MR) is 70.7 cm³/mol. The van der Waals surface area contributed by atoms with E-state index < -0.39 is 10.0 Å². The summed E-state index contributed by atoms with van der Waals surface area (Å²) in [6.45, 7) is 1.51. The minimum atomic E-state index is -3.34. The van der Waals surface area contributed by atoms with Crippen LogP contribution in [0.15, 0.2) is 24.3 Å². The van der Waals surface area contributed by atoms with Gasteiger partial charge >= 0.3 is 0 Å². The van der Waals surface area contributed by atoms with E-state index in [1.54, 1.807) is 0 Å². The summed E-state index contributed by atoms with van der Waals surface area (Å²) in [5, 5.41) is 3.09. The molecular weight excluding hydrogens is 279 g/mol. The predicted octanol–water partition coefficient (Wildman–Crippen LogP) is 1.03. The number of rotatable bonds is 4. The van der Waals surface area contributed by atoms with Crippen molar-refractivity contribution in [1.29, 1.82) is 0 Å². The molecule has 0 bridgehead atoms. The summed E-state index contributed by atoms with van der Waals surface area (Å²) in [6, 6.07) is 5.48. The van der Waals surface area contributed by atoms with Gasteiger partial charge in [0.15, 0.2) is 0 Å². The van der Waals surface area contributed by atoms with Gasteiger partial charge in [0, 0.05) is 12.6 Å². The molecule has 1 saturated heterocycles. The maximum absolute atomic E-state index is 12.7. The van der Waals surface area contributed by atoms with Gasteiger partial charge in [-0.3, -0.25) is 0 Å². The van der Waals surface area contributed by atoms with Gasteiger partial charge in [-0.2, -0.15) is 0 Å². The topological polar surface area (TPSA) is 58.2 Å². The van der Waals surface area contributed by atoms with Gasteiger partial charge in [-0.05, 0) is 30.7 Å². The van der Waals surface area contributed by atoms with Crippen molar-refractivity contribution < 1.29 is 12.8 Å². The van der Waals surface area contributed by atoms with Crippen LogP contribution in [0.2, 0.25) is 0 Å². The Kier molecular flexibility index (Phi) is 5.52.